The summed E-state index contributed by atoms with van der Waals surface area (Å²) in [7, 11) is 0. The summed E-state index contributed by atoms with van der Waals surface area (Å²) in [6.45, 7) is 5.11. The van der Waals surface area contributed by atoms with E-state index in [0.717, 1.165) is 4.68 Å². The lowest BCUT2D eigenvalue weighted by Crippen LogP contribution is -2.25. The van der Waals surface area contributed by atoms with E-state index in [1.54, 1.807) is 43.4 Å². The number of alkyl halides is 2. The predicted molar refractivity (Wildman–Crippen MR) is 54.9 cm³/mol. The van der Waals surface area contributed by atoms with E-state index in [-0.39, 0.29) is 3.57 Å². The summed E-state index contributed by atoms with van der Waals surface area (Å²) in [5, 5.41) is 3.56. The molecule has 0 atom stereocenters. The fourth-order valence-corrected chi connectivity index (χ4v) is 1.55. The molecule has 0 spiro atoms. The minimum Gasteiger partial charge on any atom is -0.233 e. The van der Waals surface area contributed by atoms with Gasteiger partial charge in [0, 0.05) is 0 Å². The Hall–Kier alpha value is -0.270. The normalized spacial score (nSPS) is 12.6. The van der Waals surface area contributed by atoms with Crippen molar-refractivity contribution in [3.63, 3.8) is 0 Å². The summed E-state index contributed by atoms with van der Waals surface area (Å²) in [5.41, 5.74) is -1.12. The van der Waals surface area contributed by atoms with Gasteiger partial charge in [-0.25, -0.2) is 13.5 Å². The molecule has 0 N–H and O–H groups in total. The molecule has 0 unspecified atom stereocenters. The smallest absolute Gasteiger partial charge is 0.233 e. The summed E-state index contributed by atoms with van der Waals surface area (Å²) in [5.74, 6) is -0.701. The van der Waals surface area contributed by atoms with Crippen LogP contribution < -0.4 is 0 Å². The highest BCUT2D eigenvalue weighted by Gasteiger charge is 2.27. The highest BCUT2D eigenvalue weighted by Crippen LogP contribution is 2.28. The van der Waals surface area contributed by atoms with Crippen molar-refractivity contribution in [2.45, 2.75) is 32.7 Å². The van der Waals surface area contributed by atoms with Crippen molar-refractivity contribution in [2.75, 3.05) is 0 Å². The van der Waals surface area contributed by atoms with Gasteiger partial charge in [0.25, 0.3) is 6.43 Å². The van der Waals surface area contributed by atoms with Crippen molar-refractivity contribution in [1.82, 2.24) is 9.78 Å². The van der Waals surface area contributed by atoms with Gasteiger partial charge in [0.05, 0.1) is 9.11 Å². The maximum absolute atomic E-state index is 13.4. The van der Waals surface area contributed by atoms with Gasteiger partial charge in [-0.1, -0.05) is 0 Å². The summed E-state index contributed by atoms with van der Waals surface area (Å²) < 4.78 is 39.0. The predicted octanol–water partition coefficient (Wildman–Crippen LogP) is 3.32. The first-order valence-electron chi connectivity index (χ1n) is 3.97. The molecule has 0 amide bonds. The lowest BCUT2D eigenvalue weighted by Gasteiger charge is -2.19. The molecule has 0 saturated heterocycles. The maximum Gasteiger partial charge on any atom is 0.283 e. The van der Waals surface area contributed by atoms with Gasteiger partial charge in [-0.3, -0.25) is 0 Å². The van der Waals surface area contributed by atoms with Crippen molar-refractivity contribution in [3.8, 4) is 0 Å². The average molecular weight is 318 g/mol. The van der Waals surface area contributed by atoms with Crippen LogP contribution in [0.4, 0.5) is 13.2 Å². The highest BCUT2D eigenvalue weighted by molar-refractivity contribution is 14.1. The molecule has 0 aliphatic heterocycles. The van der Waals surface area contributed by atoms with Crippen molar-refractivity contribution < 1.29 is 13.2 Å². The summed E-state index contributed by atoms with van der Waals surface area (Å²) in [4.78, 5) is 0. The number of rotatable bonds is 1. The van der Waals surface area contributed by atoms with E-state index in [1.807, 2.05) is 0 Å². The highest BCUT2D eigenvalue weighted by atomic mass is 127. The molecule has 80 valence electrons. The molecule has 0 radical (unpaired) electrons. The third-order valence-corrected chi connectivity index (χ3v) is 2.64. The van der Waals surface area contributed by atoms with Crippen molar-refractivity contribution in [2.24, 2.45) is 0 Å². The van der Waals surface area contributed by atoms with Crippen LogP contribution in [0.25, 0.3) is 0 Å². The van der Waals surface area contributed by atoms with Gasteiger partial charge in [-0.15, -0.1) is 0 Å². The zero-order valence-corrected chi connectivity index (χ0v) is 10.1. The van der Waals surface area contributed by atoms with Crippen molar-refractivity contribution >= 4 is 22.6 Å². The van der Waals surface area contributed by atoms with Gasteiger partial charge in [-0.05, 0) is 43.4 Å². The number of hydrogen-bond acceptors (Lipinski definition) is 1. The van der Waals surface area contributed by atoms with Crippen LogP contribution in [0.15, 0.2) is 0 Å². The van der Waals surface area contributed by atoms with Gasteiger partial charge in [0.1, 0.15) is 5.69 Å². The maximum atomic E-state index is 13.4. The fourth-order valence-electron chi connectivity index (χ4n) is 0.978. The van der Waals surface area contributed by atoms with Crippen LogP contribution in [0, 0.1) is 9.52 Å². The Morgan fingerprint density at radius 2 is 1.86 bits per heavy atom. The zero-order valence-electron chi connectivity index (χ0n) is 7.98. The lowest BCUT2D eigenvalue weighted by atomic mass is 10.1. The molecule has 1 rings (SSSR count). The van der Waals surface area contributed by atoms with Crippen LogP contribution in [0.3, 0.4) is 0 Å². The molecule has 0 fully saturated rings. The Morgan fingerprint density at radius 1 is 1.36 bits per heavy atom. The quantitative estimate of drug-likeness (QED) is 0.727. The molecule has 0 aliphatic rings. The number of nitrogens with zero attached hydrogens (tertiary/aromatic N) is 2. The summed E-state index contributed by atoms with van der Waals surface area (Å²) in [6, 6.07) is 0. The van der Waals surface area contributed by atoms with E-state index < -0.39 is 23.6 Å². The summed E-state index contributed by atoms with van der Waals surface area (Å²) in [6.07, 6.45) is -2.74. The topological polar surface area (TPSA) is 17.8 Å². The molecule has 1 aromatic rings. The van der Waals surface area contributed by atoms with E-state index in [0.29, 0.717) is 0 Å². The molecule has 0 saturated carbocycles. The monoisotopic (exact) mass is 318 g/mol. The Balaban J connectivity index is 3.29. The average Bonchev–Trinajstić information content (AvgIpc) is 2.28. The minimum atomic E-state index is -2.74. The van der Waals surface area contributed by atoms with E-state index in [4.69, 9.17) is 0 Å². The lowest BCUT2D eigenvalue weighted by molar-refractivity contribution is 0.142. The van der Waals surface area contributed by atoms with Gasteiger partial charge in [-0.2, -0.15) is 9.49 Å². The van der Waals surface area contributed by atoms with Gasteiger partial charge >= 0.3 is 0 Å². The van der Waals surface area contributed by atoms with Crippen molar-refractivity contribution in [3.05, 3.63) is 15.2 Å². The van der Waals surface area contributed by atoms with Gasteiger partial charge in [0.2, 0.25) is 5.95 Å². The first kappa shape index (κ1) is 11.8. The van der Waals surface area contributed by atoms with Gasteiger partial charge in [0.15, 0.2) is 0 Å². The van der Waals surface area contributed by atoms with Crippen LogP contribution in [0.5, 0.6) is 0 Å². The fraction of sp³-hybridized carbons (Fsp3) is 0.625. The molecule has 2 nitrogen and oxygen atoms in total. The van der Waals surface area contributed by atoms with Crippen molar-refractivity contribution in [1.29, 1.82) is 0 Å². The van der Waals surface area contributed by atoms with E-state index in [9.17, 15) is 13.2 Å². The SMILES string of the molecule is CC(C)(C)n1nc(C(F)F)c(I)c1F. The van der Waals surface area contributed by atoms with Gasteiger partial charge < -0.3 is 0 Å². The van der Waals surface area contributed by atoms with Crippen LogP contribution in [0.1, 0.15) is 32.9 Å². The van der Waals surface area contributed by atoms with Crippen LogP contribution >= 0.6 is 22.6 Å². The Bertz CT molecular complexity index is 341. The molecule has 0 aromatic carbocycles. The molecule has 0 aliphatic carbocycles. The number of halogens is 4. The second-order valence-electron chi connectivity index (χ2n) is 3.87. The molecular formula is C8H10F3IN2. The number of aromatic nitrogens is 2. The Labute approximate surface area is 93.6 Å². The standard InChI is InChI=1S/C8H10F3IN2/c1-8(2,3)14-7(11)4(12)5(13-14)6(9)10/h6H,1-3H3. The minimum absolute atomic E-state index is 0.104. The van der Waals surface area contributed by atoms with Crippen LogP contribution in [-0.2, 0) is 5.54 Å². The van der Waals surface area contributed by atoms with Crippen LogP contribution in [-0.4, -0.2) is 9.78 Å². The first-order valence-corrected chi connectivity index (χ1v) is 5.05. The zero-order chi connectivity index (χ0) is 11.1. The Morgan fingerprint density at radius 3 is 2.07 bits per heavy atom. The molecule has 1 aromatic heterocycles. The third kappa shape index (κ3) is 2.04. The second kappa shape index (κ2) is 3.71. The molecule has 0 bridgehead atoms. The summed E-state index contributed by atoms with van der Waals surface area (Å²) >= 11 is 1.54. The Kier molecular flexibility index (Phi) is 3.13. The third-order valence-electron chi connectivity index (χ3n) is 1.64. The van der Waals surface area contributed by atoms with E-state index in [1.165, 1.54) is 0 Å². The van der Waals surface area contributed by atoms with E-state index >= 15 is 0 Å². The largest absolute Gasteiger partial charge is 0.283 e. The molecule has 1 heterocycles. The molecule has 6 heteroatoms. The number of hydrogen-bond donors (Lipinski definition) is 0. The van der Waals surface area contributed by atoms with Crippen LogP contribution in [0.2, 0.25) is 0 Å². The second-order valence-corrected chi connectivity index (χ2v) is 4.95. The molecule has 14 heavy (non-hydrogen) atoms. The van der Waals surface area contributed by atoms with E-state index in [2.05, 4.69) is 5.10 Å². The first-order chi connectivity index (χ1) is 6.25. The molecular weight excluding hydrogens is 308 g/mol.